The SMILES string of the molecule is O=C(N[C@H]1CCc2ccc(S(=O)(=O)N(Cc3ccccn3)C3CC3)cc21)c1ccccc1. The van der Waals surface area contributed by atoms with Gasteiger partial charge < -0.3 is 5.32 Å². The van der Waals surface area contributed by atoms with Gasteiger partial charge >= 0.3 is 0 Å². The van der Waals surface area contributed by atoms with Gasteiger partial charge in [0.05, 0.1) is 23.2 Å². The van der Waals surface area contributed by atoms with Crippen LogP contribution in [0.3, 0.4) is 0 Å². The molecule has 0 radical (unpaired) electrons. The second-order valence-electron chi connectivity index (χ2n) is 8.39. The Bertz CT molecular complexity index is 1230. The molecule has 0 bridgehead atoms. The Morgan fingerprint density at radius 3 is 2.50 bits per heavy atom. The molecule has 1 N–H and O–H groups in total. The van der Waals surface area contributed by atoms with Crippen molar-refractivity contribution < 1.29 is 13.2 Å². The first-order valence-electron chi connectivity index (χ1n) is 10.9. The largest absolute Gasteiger partial charge is 0.345 e. The van der Waals surface area contributed by atoms with Crippen molar-refractivity contribution in [3.8, 4) is 0 Å². The molecule has 1 fully saturated rings. The molecule has 0 spiro atoms. The topological polar surface area (TPSA) is 79.4 Å². The van der Waals surface area contributed by atoms with Crippen molar-refractivity contribution in [3.63, 3.8) is 0 Å². The molecule has 7 heteroatoms. The van der Waals surface area contributed by atoms with Crippen LogP contribution in [0, 0.1) is 0 Å². The van der Waals surface area contributed by atoms with Gasteiger partial charge in [-0.1, -0.05) is 30.3 Å². The van der Waals surface area contributed by atoms with Gasteiger partial charge in [0, 0.05) is 17.8 Å². The number of nitrogens with one attached hydrogen (secondary N) is 1. The number of amides is 1. The molecule has 1 amide bonds. The van der Waals surface area contributed by atoms with E-state index >= 15 is 0 Å². The van der Waals surface area contributed by atoms with E-state index in [1.165, 1.54) is 0 Å². The van der Waals surface area contributed by atoms with Crippen molar-refractivity contribution >= 4 is 15.9 Å². The highest BCUT2D eigenvalue weighted by Gasteiger charge is 2.39. The molecule has 0 saturated heterocycles. The van der Waals surface area contributed by atoms with Gasteiger partial charge in [0.1, 0.15) is 0 Å². The Labute approximate surface area is 188 Å². The van der Waals surface area contributed by atoms with Gasteiger partial charge in [-0.25, -0.2) is 8.42 Å². The second-order valence-corrected chi connectivity index (χ2v) is 10.3. The maximum absolute atomic E-state index is 13.6. The van der Waals surface area contributed by atoms with Crippen LogP contribution in [0.5, 0.6) is 0 Å². The number of benzene rings is 2. The fourth-order valence-electron chi connectivity index (χ4n) is 4.28. The molecule has 2 aromatic carbocycles. The van der Waals surface area contributed by atoms with Crippen molar-refractivity contribution in [1.29, 1.82) is 0 Å². The van der Waals surface area contributed by atoms with Crippen LogP contribution < -0.4 is 5.32 Å². The molecular weight excluding hydrogens is 422 g/mol. The van der Waals surface area contributed by atoms with E-state index in [-0.39, 0.29) is 29.4 Å². The Morgan fingerprint density at radius 1 is 1.00 bits per heavy atom. The van der Waals surface area contributed by atoms with Crippen LogP contribution in [0.4, 0.5) is 0 Å². The van der Waals surface area contributed by atoms with E-state index in [0.29, 0.717) is 5.56 Å². The molecule has 2 aliphatic carbocycles. The summed E-state index contributed by atoms with van der Waals surface area (Å²) in [5.74, 6) is -0.147. The Balaban J connectivity index is 1.41. The van der Waals surface area contributed by atoms with E-state index in [4.69, 9.17) is 0 Å². The minimum Gasteiger partial charge on any atom is -0.345 e. The maximum atomic E-state index is 13.6. The monoisotopic (exact) mass is 447 g/mol. The van der Waals surface area contributed by atoms with Gasteiger partial charge in [0.25, 0.3) is 5.91 Å². The maximum Gasteiger partial charge on any atom is 0.251 e. The van der Waals surface area contributed by atoms with Crippen LogP contribution in [0.15, 0.2) is 77.8 Å². The zero-order valence-electron chi connectivity index (χ0n) is 17.6. The number of hydrogen-bond acceptors (Lipinski definition) is 4. The van der Waals surface area contributed by atoms with Gasteiger partial charge in [-0.3, -0.25) is 9.78 Å². The summed E-state index contributed by atoms with van der Waals surface area (Å²) >= 11 is 0. The summed E-state index contributed by atoms with van der Waals surface area (Å²) < 4.78 is 28.7. The number of aromatic nitrogens is 1. The van der Waals surface area contributed by atoms with Crippen molar-refractivity contribution in [2.45, 2.75) is 49.2 Å². The normalized spacial score (nSPS) is 17.8. The van der Waals surface area contributed by atoms with E-state index in [1.54, 1.807) is 34.8 Å². The molecular formula is C25H25N3O3S. The predicted molar refractivity (Wildman–Crippen MR) is 121 cm³/mol. The van der Waals surface area contributed by atoms with E-state index < -0.39 is 10.0 Å². The highest BCUT2D eigenvalue weighted by molar-refractivity contribution is 7.89. The molecule has 1 heterocycles. The van der Waals surface area contributed by atoms with E-state index in [2.05, 4.69) is 10.3 Å². The van der Waals surface area contributed by atoms with Crippen molar-refractivity contribution in [2.75, 3.05) is 0 Å². The number of sulfonamides is 1. The summed E-state index contributed by atoms with van der Waals surface area (Å²) in [6.45, 7) is 0.263. The number of pyridine rings is 1. The van der Waals surface area contributed by atoms with Crippen molar-refractivity contribution in [1.82, 2.24) is 14.6 Å². The minimum absolute atomic E-state index is 0.0174. The molecule has 5 rings (SSSR count). The highest BCUT2D eigenvalue weighted by Crippen LogP contribution is 2.37. The molecule has 3 aromatic rings. The second kappa shape index (κ2) is 8.48. The lowest BCUT2D eigenvalue weighted by molar-refractivity contribution is 0.0936. The minimum atomic E-state index is -3.68. The molecule has 6 nitrogen and oxygen atoms in total. The van der Waals surface area contributed by atoms with Gasteiger partial charge in [-0.05, 0) is 73.2 Å². The van der Waals surface area contributed by atoms with Gasteiger partial charge in [0.2, 0.25) is 10.0 Å². The lowest BCUT2D eigenvalue weighted by Crippen LogP contribution is -2.33. The Morgan fingerprint density at radius 2 is 1.78 bits per heavy atom. The smallest absolute Gasteiger partial charge is 0.251 e. The third-order valence-electron chi connectivity index (χ3n) is 6.14. The number of fused-ring (bicyclic) bond motifs is 1. The number of aryl methyl sites for hydroxylation is 1. The molecule has 1 saturated carbocycles. The lowest BCUT2D eigenvalue weighted by Gasteiger charge is -2.22. The van der Waals surface area contributed by atoms with E-state index in [1.807, 2.05) is 42.5 Å². The van der Waals surface area contributed by atoms with Crippen molar-refractivity contribution in [3.05, 3.63) is 95.3 Å². The quantitative estimate of drug-likeness (QED) is 0.597. The summed E-state index contributed by atoms with van der Waals surface area (Å²) in [5, 5.41) is 3.08. The molecule has 32 heavy (non-hydrogen) atoms. The summed E-state index contributed by atoms with van der Waals surface area (Å²) in [5.41, 5.74) is 3.31. The third-order valence-corrected chi connectivity index (χ3v) is 8.04. The van der Waals surface area contributed by atoms with Crippen LogP contribution in [0.2, 0.25) is 0 Å². The predicted octanol–water partition coefficient (Wildman–Crippen LogP) is 3.85. The van der Waals surface area contributed by atoms with E-state index in [9.17, 15) is 13.2 Å². The fourth-order valence-corrected chi connectivity index (χ4v) is 5.97. The first kappa shape index (κ1) is 20.8. The van der Waals surface area contributed by atoms with Gasteiger partial charge in [0.15, 0.2) is 0 Å². The zero-order valence-corrected chi connectivity index (χ0v) is 18.5. The molecule has 0 unspecified atom stereocenters. The van der Waals surface area contributed by atoms with Gasteiger partial charge in [-0.2, -0.15) is 4.31 Å². The first-order valence-corrected chi connectivity index (χ1v) is 12.4. The number of carbonyl (C=O) groups is 1. The number of hydrogen-bond donors (Lipinski definition) is 1. The first-order chi connectivity index (χ1) is 15.5. The zero-order chi connectivity index (χ0) is 22.1. The molecule has 1 atom stereocenters. The number of rotatable bonds is 7. The van der Waals surface area contributed by atoms with Gasteiger partial charge in [-0.15, -0.1) is 0 Å². The Kier molecular flexibility index (Phi) is 5.53. The third kappa shape index (κ3) is 4.18. The van der Waals surface area contributed by atoms with Crippen LogP contribution in [-0.4, -0.2) is 29.7 Å². The number of nitrogens with zero attached hydrogens (tertiary/aromatic N) is 2. The van der Waals surface area contributed by atoms with Crippen molar-refractivity contribution in [2.24, 2.45) is 0 Å². The average Bonchev–Trinajstić information content (AvgIpc) is 3.59. The summed E-state index contributed by atoms with van der Waals surface area (Å²) in [4.78, 5) is 17.2. The van der Waals surface area contributed by atoms with E-state index in [0.717, 1.165) is 42.5 Å². The lowest BCUT2D eigenvalue weighted by atomic mass is 10.1. The average molecular weight is 448 g/mol. The molecule has 2 aliphatic rings. The molecule has 1 aromatic heterocycles. The number of carbonyl (C=O) groups excluding carboxylic acids is 1. The summed E-state index contributed by atoms with van der Waals surface area (Å²) in [6.07, 6.45) is 5.00. The standard InChI is InChI=1S/C25H25N3O3S/c29-25(19-6-2-1-3-7-19)27-24-14-10-18-9-13-22(16-23(18)24)32(30,31)28(21-11-12-21)17-20-8-4-5-15-26-20/h1-9,13,15-16,21,24H,10-12,14,17H2,(H,27,29)/t24-/m0/s1. The van der Waals surface area contributed by atoms with Crippen LogP contribution in [0.1, 0.15) is 52.5 Å². The summed E-state index contributed by atoms with van der Waals surface area (Å²) in [6, 6.07) is 19.8. The molecule has 0 aliphatic heterocycles. The van der Waals surface area contributed by atoms with Crippen LogP contribution >= 0.6 is 0 Å². The van der Waals surface area contributed by atoms with Crippen LogP contribution in [-0.2, 0) is 23.0 Å². The highest BCUT2D eigenvalue weighted by atomic mass is 32.2. The summed E-state index contributed by atoms with van der Waals surface area (Å²) in [7, 11) is -3.68. The van der Waals surface area contributed by atoms with Crippen LogP contribution in [0.25, 0.3) is 0 Å². The fraction of sp³-hybridized carbons (Fsp3) is 0.280. The molecule has 164 valence electrons. The Hall–Kier alpha value is -3.03.